The van der Waals surface area contributed by atoms with Crippen molar-refractivity contribution in [2.75, 3.05) is 0 Å². The maximum absolute atomic E-state index is 12.4. The number of amides is 1. The molecule has 9 nitrogen and oxygen atoms in total. The van der Waals surface area contributed by atoms with Gasteiger partial charge in [0.05, 0.1) is 29.3 Å². The Balaban J connectivity index is 1.70. The minimum absolute atomic E-state index is 0.114. The molecule has 1 atom stereocenters. The first-order chi connectivity index (χ1) is 11.8. The van der Waals surface area contributed by atoms with E-state index in [1.165, 1.54) is 31.4 Å². The maximum atomic E-state index is 12.4. The number of nitrogens with one attached hydrogen (secondary N) is 3. The quantitative estimate of drug-likeness (QED) is 0.588. The fourth-order valence-electron chi connectivity index (χ4n) is 2.19. The molecule has 0 radical (unpaired) electrons. The number of benzene rings is 1. The van der Waals surface area contributed by atoms with Gasteiger partial charge in [0, 0.05) is 6.07 Å². The minimum atomic E-state index is -3.97. The summed E-state index contributed by atoms with van der Waals surface area (Å²) in [6, 6.07) is 6.30. The molecule has 2 aromatic heterocycles. The van der Waals surface area contributed by atoms with Crippen LogP contribution in [0.4, 0.5) is 0 Å². The first-order valence-corrected chi connectivity index (χ1v) is 8.79. The number of rotatable bonds is 6. The zero-order valence-corrected chi connectivity index (χ0v) is 13.9. The molecule has 132 valence electrons. The summed E-state index contributed by atoms with van der Waals surface area (Å²) < 4.78 is 37.0. The van der Waals surface area contributed by atoms with Crippen molar-refractivity contribution in [1.29, 1.82) is 0 Å². The van der Waals surface area contributed by atoms with E-state index < -0.39 is 27.7 Å². The van der Waals surface area contributed by atoms with E-state index in [1.807, 2.05) is 0 Å². The van der Waals surface area contributed by atoms with Gasteiger partial charge in [0.15, 0.2) is 5.58 Å². The fourth-order valence-corrected chi connectivity index (χ4v) is 3.41. The molecule has 25 heavy (non-hydrogen) atoms. The van der Waals surface area contributed by atoms with Gasteiger partial charge in [0.2, 0.25) is 15.9 Å². The largest absolute Gasteiger partial charge is 0.467 e. The number of furan rings is 1. The predicted molar refractivity (Wildman–Crippen MR) is 87.2 cm³/mol. The molecule has 2 heterocycles. The Kier molecular flexibility index (Phi) is 4.47. The third-order valence-electron chi connectivity index (χ3n) is 3.44. The number of hydrogen-bond acceptors (Lipinski definition) is 6. The van der Waals surface area contributed by atoms with Gasteiger partial charge in [-0.2, -0.15) is 4.72 Å². The summed E-state index contributed by atoms with van der Waals surface area (Å²) in [6.07, 6.45) is 1.48. The third-order valence-corrected chi connectivity index (χ3v) is 4.98. The molecule has 0 saturated carbocycles. The standard InChI is InChI=1S/C15H15N3O6S/c1-9(14(19)16-8-10-3-2-6-23-10)18-25(21,22)11-4-5-12-13(7-11)24-15(20)17-12/h2-7,9,18H,8H2,1H3,(H,16,19)(H,17,20)/t9-/m0/s1. The van der Waals surface area contributed by atoms with Crippen molar-refractivity contribution in [2.24, 2.45) is 0 Å². The number of aromatic amines is 1. The zero-order chi connectivity index (χ0) is 18.0. The van der Waals surface area contributed by atoms with E-state index in [-0.39, 0.29) is 17.0 Å². The van der Waals surface area contributed by atoms with Gasteiger partial charge in [-0.05, 0) is 31.2 Å². The Morgan fingerprint density at radius 1 is 1.32 bits per heavy atom. The third kappa shape index (κ3) is 3.80. The maximum Gasteiger partial charge on any atom is 0.417 e. The first kappa shape index (κ1) is 17.0. The van der Waals surface area contributed by atoms with Crippen LogP contribution in [-0.4, -0.2) is 25.4 Å². The van der Waals surface area contributed by atoms with Crippen molar-refractivity contribution in [3.8, 4) is 0 Å². The molecule has 0 aliphatic heterocycles. The lowest BCUT2D eigenvalue weighted by atomic mass is 10.3. The number of fused-ring (bicyclic) bond motifs is 1. The van der Waals surface area contributed by atoms with Crippen LogP contribution in [0, 0.1) is 0 Å². The SMILES string of the molecule is C[C@H](NS(=O)(=O)c1ccc2[nH]c(=O)oc2c1)C(=O)NCc1ccco1. The molecule has 3 N–H and O–H groups in total. The second kappa shape index (κ2) is 6.57. The lowest BCUT2D eigenvalue weighted by Crippen LogP contribution is -2.44. The van der Waals surface area contributed by atoms with Gasteiger partial charge in [0.25, 0.3) is 0 Å². The molecule has 3 aromatic rings. The molecule has 0 fully saturated rings. The summed E-state index contributed by atoms with van der Waals surface area (Å²) >= 11 is 0. The number of sulfonamides is 1. The second-order valence-electron chi connectivity index (χ2n) is 5.31. The molecule has 0 aliphatic carbocycles. The molecule has 0 aliphatic rings. The number of carbonyl (C=O) groups is 1. The Bertz CT molecular complexity index is 1050. The summed E-state index contributed by atoms with van der Waals surface area (Å²) in [5, 5.41) is 2.57. The van der Waals surface area contributed by atoms with Gasteiger partial charge >= 0.3 is 5.76 Å². The highest BCUT2D eigenvalue weighted by molar-refractivity contribution is 7.89. The number of aromatic nitrogens is 1. The van der Waals surface area contributed by atoms with E-state index in [0.29, 0.717) is 11.3 Å². The van der Waals surface area contributed by atoms with Gasteiger partial charge in [-0.15, -0.1) is 0 Å². The van der Waals surface area contributed by atoms with Crippen LogP contribution in [-0.2, 0) is 21.4 Å². The van der Waals surface area contributed by atoms with Crippen molar-refractivity contribution in [3.05, 3.63) is 52.9 Å². The van der Waals surface area contributed by atoms with Crippen LogP contribution >= 0.6 is 0 Å². The Labute approximate surface area is 142 Å². The van der Waals surface area contributed by atoms with Crippen molar-refractivity contribution in [2.45, 2.75) is 24.4 Å². The molecule has 0 unspecified atom stereocenters. The van der Waals surface area contributed by atoms with Crippen LogP contribution in [0.3, 0.4) is 0 Å². The average molecular weight is 365 g/mol. The highest BCUT2D eigenvalue weighted by Crippen LogP contribution is 2.16. The van der Waals surface area contributed by atoms with Gasteiger partial charge in [-0.3, -0.25) is 9.78 Å². The lowest BCUT2D eigenvalue weighted by Gasteiger charge is -2.14. The summed E-state index contributed by atoms with van der Waals surface area (Å²) in [5.41, 5.74) is 0.496. The summed E-state index contributed by atoms with van der Waals surface area (Å²) in [4.78, 5) is 25.5. The van der Waals surface area contributed by atoms with E-state index in [4.69, 9.17) is 8.83 Å². The van der Waals surface area contributed by atoms with Crippen LogP contribution in [0.15, 0.2) is 55.1 Å². The lowest BCUT2D eigenvalue weighted by molar-refractivity contribution is -0.122. The van der Waals surface area contributed by atoms with Gasteiger partial charge < -0.3 is 14.2 Å². The van der Waals surface area contributed by atoms with Crippen LogP contribution in [0.5, 0.6) is 0 Å². The highest BCUT2D eigenvalue weighted by atomic mass is 32.2. The zero-order valence-electron chi connectivity index (χ0n) is 13.1. The average Bonchev–Trinajstić information content (AvgIpc) is 3.19. The summed E-state index contributed by atoms with van der Waals surface area (Å²) in [6.45, 7) is 1.57. The number of oxazole rings is 1. The van der Waals surface area contributed by atoms with Gasteiger partial charge in [-0.25, -0.2) is 13.2 Å². The Hall–Kier alpha value is -2.85. The molecule has 0 spiro atoms. The molecule has 1 aromatic carbocycles. The second-order valence-corrected chi connectivity index (χ2v) is 7.03. The van der Waals surface area contributed by atoms with E-state index >= 15 is 0 Å². The summed E-state index contributed by atoms with van der Waals surface area (Å²) in [7, 11) is -3.97. The highest BCUT2D eigenvalue weighted by Gasteiger charge is 2.22. The van der Waals surface area contributed by atoms with Crippen LogP contribution in [0.25, 0.3) is 11.1 Å². The molecule has 10 heteroatoms. The molecule has 1 amide bonds. The molecule has 0 saturated heterocycles. The first-order valence-electron chi connectivity index (χ1n) is 7.30. The van der Waals surface area contributed by atoms with E-state index in [2.05, 4.69) is 15.0 Å². The van der Waals surface area contributed by atoms with E-state index in [9.17, 15) is 18.0 Å². The minimum Gasteiger partial charge on any atom is -0.467 e. The molecular weight excluding hydrogens is 350 g/mol. The molecule has 0 bridgehead atoms. The van der Waals surface area contributed by atoms with Gasteiger partial charge in [-0.1, -0.05) is 0 Å². The number of hydrogen-bond donors (Lipinski definition) is 3. The van der Waals surface area contributed by atoms with Gasteiger partial charge in [0.1, 0.15) is 5.76 Å². The normalized spacial score (nSPS) is 13.0. The molecule has 3 rings (SSSR count). The van der Waals surface area contributed by atoms with Crippen LogP contribution < -0.4 is 15.8 Å². The predicted octanol–water partition coefficient (Wildman–Crippen LogP) is 0.697. The Morgan fingerprint density at radius 2 is 2.12 bits per heavy atom. The molecular formula is C15H15N3O6S. The monoisotopic (exact) mass is 365 g/mol. The topological polar surface area (TPSA) is 134 Å². The number of H-pyrrole nitrogens is 1. The van der Waals surface area contributed by atoms with Crippen LogP contribution in [0.2, 0.25) is 0 Å². The van der Waals surface area contributed by atoms with Crippen LogP contribution in [0.1, 0.15) is 12.7 Å². The number of carbonyl (C=O) groups excluding carboxylic acids is 1. The van der Waals surface area contributed by atoms with Crippen molar-refractivity contribution >= 4 is 27.0 Å². The summed E-state index contributed by atoms with van der Waals surface area (Å²) in [5.74, 6) is -0.631. The van der Waals surface area contributed by atoms with Crippen molar-refractivity contribution in [3.63, 3.8) is 0 Å². The fraction of sp³-hybridized carbons (Fsp3) is 0.200. The van der Waals surface area contributed by atoms with Crippen molar-refractivity contribution in [1.82, 2.24) is 15.0 Å². The van der Waals surface area contributed by atoms with Crippen molar-refractivity contribution < 1.29 is 22.0 Å². The van der Waals surface area contributed by atoms with E-state index in [0.717, 1.165) is 0 Å². The smallest absolute Gasteiger partial charge is 0.417 e. The van der Waals surface area contributed by atoms with E-state index in [1.54, 1.807) is 12.1 Å². The Morgan fingerprint density at radius 3 is 2.84 bits per heavy atom.